The Morgan fingerprint density at radius 2 is 2.07 bits per heavy atom. The highest BCUT2D eigenvalue weighted by molar-refractivity contribution is 6.12. The number of allylic oxidation sites excluding steroid dienone is 4. The quantitative estimate of drug-likeness (QED) is 0.548. The van der Waals surface area contributed by atoms with Crippen LogP contribution in [-0.4, -0.2) is 11.6 Å². The van der Waals surface area contributed by atoms with Crippen LogP contribution in [0.1, 0.15) is 26.7 Å². The van der Waals surface area contributed by atoms with E-state index < -0.39 is 5.41 Å². The van der Waals surface area contributed by atoms with E-state index in [1.54, 1.807) is 6.92 Å². The summed E-state index contributed by atoms with van der Waals surface area (Å²) in [5.74, 6) is 0.144. The van der Waals surface area contributed by atoms with E-state index in [1.807, 2.05) is 19.1 Å². The number of rotatable bonds is 0. The van der Waals surface area contributed by atoms with E-state index >= 15 is 0 Å². The average Bonchev–Trinajstić information content (AvgIpc) is 2.15. The molecule has 0 saturated heterocycles. The topological polar surface area (TPSA) is 34.1 Å². The lowest BCUT2D eigenvalue weighted by molar-refractivity contribution is -0.136. The minimum absolute atomic E-state index is 0.115. The zero-order valence-corrected chi connectivity index (χ0v) is 8.54. The molecular formula is C12H14O2. The van der Waals surface area contributed by atoms with Crippen molar-refractivity contribution in [3.05, 3.63) is 23.8 Å². The molecule has 0 aliphatic heterocycles. The molecule has 0 bridgehead atoms. The van der Waals surface area contributed by atoms with Crippen LogP contribution >= 0.6 is 0 Å². The molecule has 0 unspecified atom stereocenters. The third-order valence-electron chi connectivity index (χ3n) is 3.47. The molecule has 0 aromatic rings. The number of carbonyl (C=O) groups is 2. The second-order valence-electron chi connectivity index (χ2n) is 4.44. The van der Waals surface area contributed by atoms with Crippen molar-refractivity contribution in [2.24, 2.45) is 11.3 Å². The average molecular weight is 190 g/mol. The lowest BCUT2D eigenvalue weighted by atomic mass is 9.62. The molecule has 2 aliphatic carbocycles. The predicted octanol–water partition coefficient (Wildman–Crippen LogP) is 2.06. The smallest absolute Gasteiger partial charge is 0.163 e. The van der Waals surface area contributed by atoms with Crippen molar-refractivity contribution in [3.8, 4) is 0 Å². The van der Waals surface area contributed by atoms with Gasteiger partial charge in [-0.3, -0.25) is 9.59 Å². The molecule has 0 aromatic carbocycles. The van der Waals surface area contributed by atoms with E-state index in [0.29, 0.717) is 18.4 Å². The Kier molecular flexibility index (Phi) is 1.95. The third kappa shape index (κ3) is 1.10. The van der Waals surface area contributed by atoms with Gasteiger partial charge in [-0.2, -0.15) is 0 Å². The van der Waals surface area contributed by atoms with Gasteiger partial charge in [0.2, 0.25) is 0 Å². The van der Waals surface area contributed by atoms with Gasteiger partial charge in [0, 0.05) is 11.3 Å². The minimum atomic E-state index is -0.467. The molecule has 0 heterocycles. The number of carbonyl (C=O) groups excluding carboxylic acids is 2. The monoisotopic (exact) mass is 190 g/mol. The maximum atomic E-state index is 11.9. The van der Waals surface area contributed by atoms with Crippen LogP contribution in [-0.2, 0) is 9.59 Å². The summed E-state index contributed by atoms with van der Waals surface area (Å²) >= 11 is 0. The van der Waals surface area contributed by atoms with Crippen molar-refractivity contribution in [2.45, 2.75) is 26.7 Å². The second kappa shape index (κ2) is 2.91. The summed E-state index contributed by atoms with van der Waals surface area (Å²) < 4.78 is 0. The Labute approximate surface area is 83.7 Å². The summed E-state index contributed by atoms with van der Waals surface area (Å²) in [4.78, 5) is 23.7. The summed E-state index contributed by atoms with van der Waals surface area (Å²) in [5, 5.41) is 0. The number of ketones is 2. The summed E-state index contributed by atoms with van der Waals surface area (Å²) in [6.45, 7) is 3.64. The van der Waals surface area contributed by atoms with Crippen LogP contribution in [0.15, 0.2) is 23.8 Å². The Balaban J connectivity index is 2.49. The van der Waals surface area contributed by atoms with Crippen LogP contribution in [0.4, 0.5) is 0 Å². The van der Waals surface area contributed by atoms with Gasteiger partial charge in [0.25, 0.3) is 0 Å². The molecule has 2 nitrogen and oxygen atoms in total. The Morgan fingerprint density at radius 1 is 1.36 bits per heavy atom. The van der Waals surface area contributed by atoms with Gasteiger partial charge in [-0.25, -0.2) is 0 Å². The zero-order valence-electron chi connectivity index (χ0n) is 8.54. The summed E-state index contributed by atoms with van der Waals surface area (Å²) in [6, 6.07) is 0. The van der Waals surface area contributed by atoms with Gasteiger partial charge in [-0.05, 0) is 31.4 Å². The molecule has 0 spiro atoms. The number of Topliss-reactive ketones (excluding diaryl/α,β-unsaturated/α-hetero) is 1. The van der Waals surface area contributed by atoms with E-state index in [1.165, 1.54) is 6.08 Å². The first-order valence-electron chi connectivity index (χ1n) is 4.97. The standard InChI is InChI=1S/C12H14O2/c1-8-7-10(13)12(2)6-4-3-5-9(12)11(8)14/h3-4,7,9H,5-6H2,1-2H3/t9-,12-/m1/s1. The molecule has 14 heavy (non-hydrogen) atoms. The summed E-state index contributed by atoms with van der Waals surface area (Å²) in [6.07, 6.45) is 6.95. The van der Waals surface area contributed by atoms with Crippen LogP contribution < -0.4 is 0 Å². The Bertz CT molecular complexity index is 363. The molecule has 0 N–H and O–H groups in total. The number of fused-ring (bicyclic) bond motifs is 1. The molecule has 2 atom stereocenters. The first kappa shape index (κ1) is 9.38. The molecule has 2 aliphatic rings. The van der Waals surface area contributed by atoms with Gasteiger partial charge < -0.3 is 0 Å². The molecule has 0 amide bonds. The van der Waals surface area contributed by atoms with Crippen LogP contribution in [0.5, 0.6) is 0 Å². The summed E-state index contributed by atoms with van der Waals surface area (Å²) in [5.41, 5.74) is 0.151. The summed E-state index contributed by atoms with van der Waals surface area (Å²) in [7, 11) is 0. The second-order valence-corrected chi connectivity index (χ2v) is 4.44. The Morgan fingerprint density at radius 3 is 2.79 bits per heavy atom. The lowest BCUT2D eigenvalue weighted by Gasteiger charge is -2.38. The highest BCUT2D eigenvalue weighted by atomic mass is 16.1. The van der Waals surface area contributed by atoms with E-state index in [-0.39, 0.29) is 17.5 Å². The molecule has 0 aromatic heterocycles. The fourth-order valence-corrected chi connectivity index (χ4v) is 2.34. The highest BCUT2D eigenvalue weighted by Gasteiger charge is 2.46. The van der Waals surface area contributed by atoms with Crippen LogP contribution in [0, 0.1) is 11.3 Å². The highest BCUT2D eigenvalue weighted by Crippen LogP contribution is 2.43. The van der Waals surface area contributed by atoms with Gasteiger partial charge in [0.15, 0.2) is 11.6 Å². The largest absolute Gasteiger partial charge is 0.294 e. The maximum absolute atomic E-state index is 11.9. The van der Waals surface area contributed by atoms with Gasteiger partial charge in [0.05, 0.1) is 0 Å². The zero-order chi connectivity index (χ0) is 10.3. The van der Waals surface area contributed by atoms with Crippen LogP contribution in [0.3, 0.4) is 0 Å². The van der Waals surface area contributed by atoms with E-state index in [4.69, 9.17) is 0 Å². The molecule has 74 valence electrons. The van der Waals surface area contributed by atoms with E-state index in [9.17, 15) is 9.59 Å². The molecule has 0 saturated carbocycles. The van der Waals surface area contributed by atoms with Crippen LogP contribution in [0.2, 0.25) is 0 Å². The maximum Gasteiger partial charge on any atom is 0.163 e. The molecule has 0 fully saturated rings. The van der Waals surface area contributed by atoms with Gasteiger partial charge >= 0.3 is 0 Å². The van der Waals surface area contributed by atoms with Crippen molar-refractivity contribution in [3.63, 3.8) is 0 Å². The fourth-order valence-electron chi connectivity index (χ4n) is 2.34. The first-order valence-corrected chi connectivity index (χ1v) is 4.97. The molecule has 0 radical (unpaired) electrons. The normalized spacial score (nSPS) is 36.7. The van der Waals surface area contributed by atoms with Gasteiger partial charge in [-0.15, -0.1) is 0 Å². The Hall–Kier alpha value is -1.18. The lowest BCUT2D eigenvalue weighted by Crippen LogP contribution is -2.44. The molecular weight excluding hydrogens is 176 g/mol. The van der Waals surface area contributed by atoms with Crippen LogP contribution in [0.25, 0.3) is 0 Å². The third-order valence-corrected chi connectivity index (χ3v) is 3.47. The molecule has 2 heteroatoms. The predicted molar refractivity (Wildman–Crippen MR) is 53.7 cm³/mol. The van der Waals surface area contributed by atoms with Crippen molar-refractivity contribution in [1.29, 1.82) is 0 Å². The van der Waals surface area contributed by atoms with Crippen molar-refractivity contribution >= 4 is 11.6 Å². The van der Waals surface area contributed by atoms with Crippen molar-refractivity contribution < 1.29 is 9.59 Å². The van der Waals surface area contributed by atoms with Crippen molar-refractivity contribution in [1.82, 2.24) is 0 Å². The SMILES string of the molecule is CC1=CC(=O)[C@]2(C)CC=CC[C@@H]2C1=O. The van der Waals surface area contributed by atoms with E-state index in [0.717, 1.165) is 0 Å². The minimum Gasteiger partial charge on any atom is -0.294 e. The van der Waals surface area contributed by atoms with Crippen molar-refractivity contribution in [2.75, 3.05) is 0 Å². The van der Waals surface area contributed by atoms with Gasteiger partial charge in [0.1, 0.15) is 0 Å². The first-order chi connectivity index (χ1) is 6.55. The fraction of sp³-hybridized carbons (Fsp3) is 0.500. The number of hydrogen-bond acceptors (Lipinski definition) is 2. The molecule has 2 rings (SSSR count). The number of hydrogen-bond donors (Lipinski definition) is 0. The van der Waals surface area contributed by atoms with E-state index in [2.05, 4.69) is 0 Å². The van der Waals surface area contributed by atoms with Gasteiger partial charge in [-0.1, -0.05) is 19.1 Å².